The fourth-order valence-corrected chi connectivity index (χ4v) is 3.93. The zero-order valence-corrected chi connectivity index (χ0v) is 13.7. The van der Waals surface area contributed by atoms with Gasteiger partial charge in [0.1, 0.15) is 0 Å². The molecule has 0 bridgehead atoms. The Morgan fingerprint density at radius 2 is 1.81 bits per heavy atom. The van der Waals surface area contributed by atoms with Gasteiger partial charge in [-0.2, -0.15) is 0 Å². The number of nitrogens with zero attached hydrogens (tertiary/aromatic N) is 1. The van der Waals surface area contributed by atoms with Crippen molar-refractivity contribution in [3.8, 4) is 0 Å². The van der Waals surface area contributed by atoms with Crippen molar-refractivity contribution in [1.29, 1.82) is 0 Å². The molecule has 2 unspecified atom stereocenters. The molecule has 0 aromatic heterocycles. The van der Waals surface area contributed by atoms with E-state index in [2.05, 4.69) is 75.4 Å². The lowest BCUT2D eigenvalue weighted by atomic mass is 10.0. The second-order valence-electron chi connectivity index (χ2n) is 5.58. The Balaban J connectivity index is 1.91. The molecule has 0 radical (unpaired) electrons. The lowest BCUT2D eigenvalue weighted by Gasteiger charge is -2.33. The van der Waals surface area contributed by atoms with Crippen molar-refractivity contribution in [2.75, 3.05) is 13.1 Å². The highest BCUT2D eigenvalue weighted by Crippen LogP contribution is 2.39. The fourth-order valence-electron chi connectivity index (χ4n) is 3.38. The van der Waals surface area contributed by atoms with E-state index in [1.165, 1.54) is 24.0 Å². The maximum atomic E-state index is 6.13. The molecule has 3 rings (SSSR count). The Bertz CT molecular complexity index is 585. The van der Waals surface area contributed by atoms with Crippen LogP contribution < -0.4 is 5.73 Å². The molecule has 0 saturated carbocycles. The average molecular weight is 345 g/mol. The van der Waals surface area contributed by atoms with Crippen LogP contribution in [0.1, 0.15) is 36.1 Å². The molecule has 1 saturated heterocycles. The van der Waals surface area contributed by atoms with E-state index < -0.39 is 0 Å². The number of likely N-dealkylation sites (tertiary alicyclic amines) is 1. The van der Waals surface area contributed by atoms with Crippen LogP contribution in [0.15, 0.2) is 59.1 Å². The second kappa shape index (κ2) is 6.73. The third-order valence-corrected chi connectivity index (χ3v) is 5.09. The molecule has 2 aromatic rings. The van der Waals surface area contributed by atoms with E-state index in [0.717, 1.165) is 11.0 Å². The van der Waals surface area contributed by atoms with Gasteiger partial charge in [0.25, 0.3) is 0 Å². The lowest BCUT2D eigenvalue weighted by Crippen LogP contribution is -2.33. The molecule has 2 aromatic carbocycles. The van der Waals surface area contributed by atoms with Gasteiger partial charge in [0.15, 0.2) is 0 Å². The van der Waals surface area contributed by atoms with Crippen LogP contribution in [0.4, 0.5) is 0 Å². The summed E-state index contributed by atoms with van der Waals surface area (Å²) in [5.74, 6) is 0. The van der Waals surface area contributed by atoms with E-state index >= 15 is 0 Å². The van der Waals surface area contributed by atoms with Gasteiger partial charge < -0.3 is 5.73 Å². The van der Waals surface area contributed by atoms with Gasteiger partial charge in [0, 0.05) is 23.1 Å². The minimum atomic E-state index is 0.272. The fraction of sp³-hybridized carbons (Fsp3) is 0.333. The summed E-state index contributed by atoms with van der Waals surface area (Å²) in [5, 5.41) is 0. The first-order chi connectivity index (χ1) is 10.3. The Labute approximate surface area is 135 Å². The summed E-state index contributed by atoms with van der Waals surface area (Å²) in [7, 11) is 0. The Morgan fingerprint density at radius 1 is 1.10 bits per heavy atom. The second-order valence-corrected chi connectivity index (χ2v) is 6.43. The normalized spacial score (nSPS) is 20.6. The topological polar surface area (TPSA) is 29.3 Å². The standard InChI is InChI=1S/C18H21BrN2/c19-16-10-5-4-9-15(16)18(13-20)21-12-6-11-17(21)14-7-2-1-3-8-14/h1-5,7-10,17-18H,6,11-13,20H2. The number of hydrogen-bond acceptors (Lipinski definition) is 2. The van der Waals surface area contributed by atoms with Gasteiger partial charge in [-0.05, 0) is 36.6 Å². The van der Waals surface area contributed by atoms with E-state index in [0.29, 0.717) is 12.6 Å². The van der Waals surface area contributed by atoms with Crippen LogP contribution in [0.2, 0.25) is 0 Å². The summed E-state index contributed by atoms with van der Waals surface area (Å²) < 4.78 is 1.15. The molecule has 21 heavy (non-hydrogen) atoms. The average Bonchev–Trinajstić information content (AvgIpc) is 3.00. The van der Waals surface area contributed by atoms with Crippen LogP contribution in [0.5, 0.6) is 0 Å². The molecule has 2 N–H and O–H groups in total. The quantitative estimate of drug-likeness (QED) is 0.896. The zero-order valence-electron chi connectivity index (χ0n) is 12.1. The van der Waals surface area contributed by atoms with Gasteiger partial charge in [-0.1, -0.05) is 64.5 Å². The van der Waals surface area contributed by atoms with E-state index in [4.69, 9.17) is 5.73 Å². The van der Waals surface area contributed by atoms with Crippen molar-refractivity contribution < 1.29 is 0 Å². The van der Waals surface area contributed by atoms with Crippen molar-refractivity contribution in [2.24, 2.45) is 5.73 Å². The minimum Gasteiger partial charge on any atom is -0.329 e. The van der Waals surface area contributed by atoms with Crippen LogP contribution in [-0.4, -0.2) is 18.0 Å². The number of benzene rings is 2. The van der Waals surface area contributed by atoms with Crippen LogP contribution in [0, 0.1) is 0 Å². The largest absolute Gasteiger partial charge is 0.329 e. The molecule has 1 fully saturated rings. The number of halogens is 1. The van der Waals surface area contributed by atoms with Gasteiger partial charge in [-0.3, -0.25) is 4.90 Å². The predicted molar refractivity (Wildman–Crippen MR) is 91.1 cm³/mol. The molecule has 2 atom stereocenters. The van der Waals surface area contributed by atoms with Gasteiger partial charge >= 0.3 is 0 Å². The van der Waals surface area contributed by atoms with Crippen molar-refractivity contribution in [3.63, 3.8) is 0 Å². The summed E-state index contributed by atoms with van der Waals surface area (Å²) in [6.45, 7) is 1.76. The summed E-state index contributed by atoms with van der Waals surface area (Å²) >= 11 is 3.68. The van der Waals surface area contributed by atoms with Crippen LogP contribution >= 0.6 is 15.9 Å². The molecule has 0 aliphatic carbocycles. The molecule has 1 heterocycles. The first kappa shape index (κ1) is 14.8. The highest BCUT2D eigenvalue weighted by molar-refractivity contribution is 9.10. The van der Waals surface area contributed by atoms with E-state index in [1.807, 2.05) is 0 Å². The zero-order chi connectivity index (χ0) is 14.7. The minimum absolute atomic E-state index is 0.272. The summed E-state index contributed by atoms with van der Waals surface area (Å²) in [4.78, 5) is 2.56. The van der Waals surface area contributed by atoms with Gasteiger partial charge in [-0.25, -0.2) is 0 Å². The van der Waals surface area contributed by atoms with Crippen LogP contribution in [0.25, 0.3) is 0 Å². The maximum absolute atomic E-state index is 6.13. The Hall–Kier alpha value is -1.16. The molecule has 0 amide bonds. The third kappa shape index (κ3) is 3.05. The predicted octanol–water partition coefficient (Wildman–Crippen LogP) is 4.29. The molecule has 110 valence electrons. The third-order valence-electron chi connectivity index (χ3n) is 4.37. The van der Waals surface area contributed by atoms with Crippen LogP contribution in [-0.2, 0) is 0 Å². The molecule has 2 nitrogen and oxygen atoms in total. The van der Waals surface area contributed by atoms with Gasteiger partial charge in [0.05, 0.1) is 0 Å². The maximum Gasteiger partial charge on any atom is 0.0487 e. The molecule has 3 heteroatoms. The lowest BCUT2D eigenvalue weighted by molar-refractivity contribution is 0.185. The van der Waals surface area contributed by atoms with E-state index in [9.17, 15) is 0 Å². The Kier molecular flexibility index (Phi) is 4.73. The van der Waals surface area contributed by atoms with Crippen LogP contribution in [0.3, 0.4) is 0 Å². The van der Waals surface area contributed by atoms with Crippen molar-refractivity contribution in [2.45, 2.75) is 24.9 Å². The van der Waals surface area contributed by atoms with E-state index in [-0.39, 0.29) is 6.04 Å². The highest BCUT2D eigenvalue weighted by atomic mass is 79.9. The van der Waals surface area contributed by atoms with Gasteiger partial charge in [-0.15, -0.1) is 0 Å². The molecule has 1 aliphatic heterocycles. The molecular weight excluding hydrogens is 324 g/mol. The van der Waals surface area contributed by atoms with Gasteiger partial charge in [0.2, 0.25) is 0 Å². The first-order valence-corrected chi connectivity index (χ1v) is 8.35. The SMILES string of the molecule is NCC(c1ccccc1Br)N1CCCC1c1ccccc1. The summed E-state index contributed by atoms with van der Waals surface area (Å²) in [6, 6.07) is 20.0. The monoisotopic (exact) mass is 344 g/mol. The van der Waals surface area contributed by atoms with E-state index in [1.54, 1.807) is 0 Å². The number of nitrogens with two attached hydrogens (primary N) is 1. The number of rotatable bonds is 4. The first-order valence-electron chi connectivity index (χ1n) is 7.56. The highest BCUT2D eigenvalue weighted by Gasteiger charge is 2.32. The molecule has 0 spiro atoms. The smallest absolute Gasteiger partial charge is 0.0487 e. The summed E-state index contributed by atoms with van der Waals surface area (Å²) in [5.41, 5.74) is 8.83. The Morgan fingerprint density at radius 3 is 2.52 bits per heavy atom. The molecule has 1 aliphatic rings. The van der Waals surface area contributed by atoms with Crippen molar-refractivity contribution in [3.05, 3.63) is 70.2 Å². The summed E-state index contributed by atoms with van der Waals surface area (Å²) in [6.07, 6.45) is 2.45. The van der Waals surface area contributed by atoms with Crippen molar-refractivity contribution >= 4 is 15.9 Å². The van der Waals surface area contributed by atoms with Crippen molar-refractivity contribution in [1.82, 2.24) is 4.90 Å². The molecular formula is C18H21BrN2. The number of hydrogen-bond donors (Lipinski definition) is 1.